The van der Waals surface area contributed by atoms with E-state index in [4.69, 9.17) is 25.8 Å². The second-order valence-corrected chi connectivity index (χ2v) is 18.9. The summed E-state index contributed by atoms with van der Waals surface area (Å²) < 4.78 is 17.2. The number of likely N-dealkylation sites (tertiary alicyclic amines) is 1. The fourth-order valence-corrected chi connectivity index (χ4v) is 9.04. The number of nitriles is 1. The highest BCUT2D eigenvalue weighted by atomic mass is 35.5. The van der Waals surface area contributed by atoms with Crippen molar-refractivity contribution in [1.82, 2.24) is 20.9 Å². The SMILES string of the molecule is COc1ccc(CNC(=O)[C@@H]2CCCN2C(=O)C(NC(=O)COCCCCCNc2ccc(C(=O)NC3C(C)(C)C(Oc4ccc(C#N)c(Cl)c4)C3(C)C)cc2)C(C)(C)C)cc1. The third kappa shape index (κ3) is 11.8. The van der Waals surface area contributed by atoms with Gasteiger partial charge in [-0.15, -0.1) is 0 Å². The lowest BCUT2D eigenvalue weighted by molar-refractivity contribution is -0.164. The summed E-state index contributed by atoms with van der Waals surface area (Å²) in [6.07, 6.45) is 3.60. The van der Waals surface area contributed by atoms with E-state index in [1.54, 1.807) is 30.2 Å². The van der Waals surface area contributed by atoms with Crippen molar-refractivity contribution in [3.05, 3.63) is 88.4 Å². The summed E-state index contributed by atoms with van der Waals surface area (Å²) in [6.45, 7) is 15.7. The first-order chi connectivity index (χ1) is 29.4. The van der Waals surface area contributed by atoms with Gasteiger partial charge in [-0.25, -0.2) is 0 Å². The zero-order chi connectivity index (χ0) is 45.2. The molecule has 1 aliphatic heterocycles. The van der Waals surface area contributed by atoms with E-state index in [0.717, 1.165) is 42.8 Å². The van der Waals surface area contributed by atoms with E-state index >= 15 is 0 Å². The van der Waals surface area contributed by atoms with Crippen molar-refractivity contribution < 1.29 is 33.4 Å². The first-order valence-electron chi connectivity index (χ1n) is 21.5. The molecule has 4 amide bonds. The van der Waals surface area contributed by atoms with E-state index in [0.29, 0.717) is 54.4 Å². The van der Waals surface area contributed by atoms with Gasteiger partial charge < -0.3 is 40.4 Å². The van der Waals surface area contributed by atoms with Crippen molar-refractivity contribution in [2.45, 2.75) is 111 Å². The van der Waals surface area contributed by atoms with Crippen LogP contribution in [0, 0.1) is 27.6 Å². The number of carbonyl (C=O) groups excluding carboxylic acids is 4. The number of hydrogen-bond acceptors (Lipinski definition) is 9. The molecule has 0 spiro atoms. The number of rotatable bonds is 19. The number of nitrogens with zero attached hydrogens (tertiary/aromatic N) is 2. The Morgan fingerprint density at radius 2 is 1.61 bits per heavy atom. The third-order valence-corrected chi connectivity index (χ3v) is 12.3. The lowest BCUT2D eigenvalue weighted by Crippen LogP contribution is -2.74. The molecule has 14 heteroatoms. The molecular formula is C48H63ClN6O7. The fourth-order valence-electron chi connectivity index (χ4n) is 8.82. The van der Waals surface area contributed by atoms with Gasteiger partial charge in [-0.3, -0.25) is 19.2 Å². The summed E-state index contributed by atoms with van der Waals surface area (Å²) in [7, 11) is 1.60. The maximum Gasteiger partial charge on any atom is 0.251 e. The standard InChI is InChI=1S/C48H63ClN6O7/c1-46(2,3)40(43(59)55-25-12-13-38(55)42(58)52-29-31-14-21-35(60-8)22-15-31)53-39(56)30-61-26-11-9-10-24-51-34-19-16-32(17-20-34)41(57)54-44-47(4,5)45(48(44,6)7)62-36-23-18-33(28-50)37(49)27-36/h14-23,27,38,40,44-45,51H,9-13,24-26,29-30H2,1-8H3,(H,52,58)(H,53,56)(H,54,57)/t38-,40?,44?,45?/m0/s1. The minimum atomic E-state index is -0.819. The van der Waals surface area contributed by atoms with E-state index in [1.165, 1.54) is 0 Å². The van der Waals surface area contributed by atoms with Crippen LogP contribution in [0.1, 0.15) is 102 Å². The Morgan fingerprint density at radius 1 is 0.935 bits per heavy atom. The van der Waals surface area contributed by atoms with Crippen LogP contribution in [-0.4, -0.2) is 86.2 Å². The summed E-state index contributed by atoms with van der Waals surface area (Å²) in [5, 5.41) is 22.0. The van der Waals surface area contributed by atoms with E-state index in [9.17, 15) is 24.4 Å². The van der Waals surface area contributed by atoms with Crippen LogP contribution in [0.2, 0.25) is 5.02 Å². The summed E-state index contributed by atoms with van der Waals surface area (Å²) in [5.41, 5.74) is 1.46. The van der Waals surface area contributed by atoms with E-state index in [-0.39, 0.29) is 53.2 Å². The van der Waals surface area contributed by atoms with Crippen LogP contribution >= 0.6 is 11.6 Å². The van der Waals surface area contributed by atoms with Gasteiger partial charge in [0.2, 0.25) is 17.7 Å². The van der Waals surface area contributed by atoms with Gasteiger partial charge in [-0.05, 0) is 91.6 Å². The second-order valence-electron chi connectivity index (χ2n) is 18.5. The van der Waals surface area contributed by atoms with Crippen molar-refractivity contribution in [2.75, 3.05) is 38.7 Å². The number of carbonyl (C=O) groups is 4. The minimum Gasteiger partial charge on any atom is -0.497 e. The van der Waals surface area contributed by atoms with E-state index in [2.05, 4.69) is 55.0 Å². The number of benzene rings is 3. The van der Waals surface area contributed by atoms with Crippen molar-refractivity contribution in [1.29, 1.82) is 5.26 Å². The molecule has 62 heavy (non-hydrogen) atoms. The molecule has 4 N–H and O–H groups in total. The summed E-state index contributed by atoms with van der Waals surface area (Å²) in [4.78, 5) is 54.9. The number of ether oxygens (including phenoxy) is 3. The van der Waals surface area contributed by atoms with Gasteiger partial charge in [0.05, 0.1) is 17.7 Å². The van der Waals surface area contributed by atoms with Gasteiger partial charge in [-0.1, -0.05) is 72.2 Å². The number of halogens is 1. The molecule has 3 aromatic rings. The van der Waals surface area contributed by atoms with Gasteiger partial charge in [0.15, 0.2) is 0 Å². The van der Waals surface area contributed by atoms with E-state index < -0.39 is 17.5 Å². The molecule has 13 nitrogen and oxygen atoms in total. The van der Waals surface area contributed by atoms with Gasteiger partial charge in [-0.2, -0.15) is 5.26 Å². The molecule has 1 aliphatic carbocycles. The highest BCUT2D eigenvalue weighted by Crippen LogP contribution is 2.55. The van der Waals surface area contributed by atoms with Crippen molar-refractivity contribution in [3.63, 3.8) is 0 Å². The van der Waals surface area contributed by atoms with Crippen LogP contribution in [0.5, 0.6) is 11.5 Å². The minimum absolute atomic E-state index is 0.145. The quantitative estimate of drug-likeness (QED) is 0.0905. The Labute approximate surface area is 371 Å². The number of amides is 4. The van der Waals surface area contributed by atoms with Crippen molar-refractivity contribution in [3.8, 4) is 17.6 Å². The normalized spacial score (nSPS) is 19.3. The number of unbranched alkanes of at least 4 members (excludes halogenated alkanes) is 2. The van der Waals surface area contributed by atoms with Crippen molar-refractivity contribution in [2.24, 2.45) is 16.2 Å². The number of hydrogen-bond donors (Lipinski definition) is 4. The molecule has 0 bridgehead atoms. The fraction of sp³-hybridized carbons (Fsp3) is 0.521. The van der Waals surface area contributed by atoms with Crippen LogP contribution in [0.15, 0.2) is 66.7 Å². The Morgan fingerprint density at radius 3 is 2.24 bits per heavy atom. The number of anilines is 1. The molecule has 1 saturated heterocycles. The molecule has 2 fully saturated rings. The largest absolute Gasteiger partial charge is 0.497 e. The van der Waals surface area contributed by atoms with Gasteiger partial charge in [0.1, 0.15) is 42.4 Å². The predicted octanol–water partition coefficient (Wildman–Crippen LogP) is 7.27. The Kier molecular flexibility index (Phi) is 15.9. The Hall–Kier alpha value is -5.32. The van der Waals surface area contributed by atoms with Crippen LogP contribution in [0.25, 0.3) is 0 Å². The first-order valence-corrected chi connectivity index (χ1v) is 21.8. The Balaban J connectivity index is 0.979. The average Bonchev–Trinajstić information content (AvgIpc) is 3.74. The van der Waals surface area contributed by atoms with Gasteiger partial charge in [0, 0.05) is 60.4 Å². The molecule has 1 saturated carbocycles. The van der Waals surface area contributed by atoms with Gasteiger partial charge in [0.25, 0.3) is 5.91 Å². The summed E-state index contributed by atoms with van der Waals surface area (Å²) in [5.74, 6) is 0.308. The number of methoxy groups -OCH3 is 1. The molecule has 0 radical (unpaired) electrons. The topological polar surface area (TPSA) is 171 Å². The van der Waals surface area contributed by atoms with Crippen molar-refractivity contribution >= 4 is 40.9 Å². The second kappa shape index (κ2) is 20.7. The predicted molar refractivity (Wildman–Crippen MR) is 240 cm³/mol. The maximum absolute atomic E-state index is 13.8. The molecule has 0 aromatic heterocycles. The maximum atomic E-state index is 13.8. The highest BCUT2D eigenvalue weighted by molar-refractivity contribution is 6.31. The van der Waals surface area contributed by atoms with Crippen LogP contribution < -0.4 is 30.7 Å². The molecule has 5 rings (SSSR count). The molecule has 2 aliphatic rings. The molecule has 1 unspecified atom stereocenters. The molecule has 2 atom stereocenters. The molecular weight excluding hydrogens is 808 g/mol. The average molecular weight is 872 g/mol. The van der Waals surface area contributed by atoms with E-state index in [1.807, 2.05) is 69.3 Å². The third-order valence-electron chi connectivity index (χ3n) is 12.0. The lowest BCUT2D eigenvalue weighted by Gasteiger charge is -2.63. The zero-order valence-corrected chi connectivity index (χ0v) is 38.1. The number of nitrogens with one attached hydrogen (secondary N) is 4. The molecule has 1 heterocycles. The highest BCUT2D eigenvalue weighted by Gasteiger charge is 2.64. The monoisotopic (exact) mass is 870 g/mol. The van der Waals surface area contributed by atoms with Crippen LogP contribution in [-0.2, 0) is 25.7 Å². The smallest absolute Gasteiger partial charge is 0.251 e. The van der Waals surface area contributed by atoms with Crippen LogP contribution in [0.4, 0.5) is 5.69 Å². The molecule has 3 aromatic carbocycles. The van der Waals surface area contributed by atoms with Crippen LogP contribution in [0.3, 0.4) is 0 Å². The Bertz CT molecular complexity index is 2060. The summed E-state index contributed by atoms with van der Waals surface area (Å²) >= 11 is 6.23. The zero-order valence-electron chi connectivity index (χ0n) is 37.4. The first kappa shape index (κ1) is 47.7. The van der Waals surface area contributed by atoms with Gasteiger partial charge >= 0.3 is 0 Å². The lowest BCUT2D eigenvalue weighted by atomic mass is 9.49. The molecule has 334 valence electrons. The summed E-state index contributed by atoms with van der Waals surface area (Å²) in [6, 6.07) is 20.4.